The minimum Gasteiger partial charge on any atom is -0.496 e. The Kier molecular flexibility index (Phi) is 10.9. The summed E-state index contributed by atoms with van der Waals surface area (Å²) in [6, 6.07) is 29.2. The second kappa shape index (κ2) is 15.3. The van der Waals surface area contributed by atoms with Crippen LogP contribution in [-0.4, -0.2) is 48.7 Å². The number of carbonyl (C=O) groups is 2. The highest BCUT2D eigenvalue weighted by Gasteiger charge is 2.32. The van der Waals surface area contributed by atoms with Crippen molar-refractivity contribution in [3.05, 3.63) is 113 Å². The highest BCUT2D eigenvalue weighted by atomic mass is 16.6. The lowest BCUT2D eigenvalue weighted by Gasteiger charge is -2.24. The average Bonchev–Trinajstić information content (AvgIpc) is 3.54. The smallest absolute Gasteiger partial charge is 0.410 e. The molecule has 1 saturated heterocycles. The van der Waals surface area contributed by atoms with Crippen molar-refractivity contribution < 1.29 is 28.5 Å². The van der Waals surface area contributed by atoms with Gasteiger partial charge in [0.15, 0.2) is 0 Å². The fourth-order valence-electron chi connectivity index (χ4n) is 5.59. The van der Waals surface area contributed by atoms with Gasteiger partial charge in [-0.3, -0.25) is 4.79 Å². The van der Waals surface area contributed by atoms with Crippen molar-refractivity contribution in [1.29, 1.82) is 0 Å². The first-order valence-electron chi connectivity index (χ1n) is 16.5. The Labute approximate surface area is 284 Å². The van der Waals surface area contributed by atoms with Gasteiger partial charge in [0.1, 0.15) is 36.1 Å². The van der Waals surface area contributed by atoms with Crippen molar-refractivity contribution in [2.24, 2.45) is 0 Å². The first-order valence-corrected chi connectivity index (χ1v) is 16.5. The standard InChI is InChI=1S/C40H46N2O6/c1-27(2)30-17-18-35(45-6)32(21-30)33-22-34(38(43)41-31-19-20-42(24-31)39(44)48-40(3,4)5)37(47-26-29-15-11-8-12-16-29)23-36(33)46-25-28-13-9-7-10-14-28/h7-18,21-23,27,31H,19-20,24-26H2,1-6H3,(H,41,43). The van der Waals surface area contributed by atoms with Gasteiger partial charge in [-0.1, -0.05) is 80.6 Å². The molecule has 1 fully saturated rings. The fraction of sp³-hybridized carbons (Fsp3) is 0.350. The molecular weight excluding hydrogens is 604 g/mol. The van der Waals surface area contributed by atoms with Gasteiger partial charge in [0.25, 0.3) is 5.91 Å². The molecule has 1 atom stereocenters. The van der Waals surface area contributed by atoms with E-state index in [1.54, 1.807) is 18.1 Å². The Hall–Kier alpha value is -4.98. The van der Waals surface area contributed by atoms with E-state index in [0.29, 0.717) is 54.5 Å². The molecule has 0 saturated carbocycles. The van der Waals surface area contributed by atoms with E-state index in [1.165, 1.54) is 0 Å². The molecular formula is C40H46N2O6. The molecule has 8 nitrogen and oxygen atoms in total. The third-order valence-corrected chi connectivity index (χ3v) is 8.16. The van der Waals surface area contributed by atoms with Crippen LogP contribution in [0.4, 0.5) is 4.79 Å². The van der Waals surface area contributed by atoms with Crippen LogP contribution in [0.25, 0.3) is 11.1 Å². The van der Waals surface area contributed by atoms with E-state index in [2.05, 4.69) is 31.3 Å². The van der Waals surface area contributed by atoms with Crippen LogP contribution in [0.3, 0.4) is 0 Å². The van der Waals surface area contributed by atoms with Gasteiger partial charge >= 0.3 is 6.09 Å². The number of amides is 2. The van der Waals surface area contributed by atoms with Crippen molar-refractivity contribution in [2.45, 2.75) is 71.8 Å². The summed E-state index contributed by atoms with van der Waals surface area (Å²) in [7, 11) is 1.64. The zero-order chi connectivity index (χ0) is 34.3. The molecule has 1 unspecified atom stereocenters. The molecule has 8 heteroatoms. The first kappa shape index (κ1) is 34.4. The predicted octanol–water partition coefficient (Wildman–Crippen LogP) is 8.38. The van der Waals surface area contributed by atoms with Gasteiger partial charge in [-0.2, -0.15) is 0 Å². The van der Waals surface area contributed by atoms with Crippen molar-refractivity contribution in [3.8, 4) is 28.4 Å². The number of nitrogens with one attached hydrogen (secondary N) is 1. The number of ether oxygens (including phenoxy) is 4. The van der Waals surface area contributed by atoms with E-state index in [4.69, 9.17) is 18.9 Å². The number of rotatable bonds is 11. The molecule has 1 N–H and O–H groups in total. The van der Waals surface area contributed by atoms with Crippen LogP contribution in [-0.2, 0) is 18.0 Å². The third kappa shape index (κ3) is 8.88. The lowest BCUT2D eigenvalue weighted by molar-refractivity contribution is 0.0290. The van der Waals surface area contributed by atoms with E-state index in [1.807, 2.05) is 93.6 Å². The van der Waals surface area contributed by atoms with Crippen LogP contribution in [0.5, 0.6) is 17.2 Å². The highest BCUT2D eigenvalue weighted by molar-refractivity contribution is 5.99. The number of hydrogen-bond acceptors (Lipinski definition) is 6. The van der Waals surface area contributed by atoms with Gasteiger partial charge in [-0.15, -0.1) is 0 Å². The minimum atomic E-state index is -0.599. The Bertz CT molecular complexity index is 1700. The molecule has 5 rings (SSSR count). The maximum atomic E-state index is 14.1. The quantitative estimate of drug-likeness (QED) is 0.176. The summed E-state index contributed by atoms with van der Waals surface area (Å²) in [4.78, 5) is 28.5. The second-order valence-electron chi connectivity index (χ2n) is 13.4. The Morgan fingerprint density at radius 2 is 1.42 bits per heavy atom. The highest BCUT2D eigenvalue weighted by Crippen LogP contribution is 2.42. The number of likely N-dealkylation sites (tertiary alicyclic amines) is 1. The Morgan fingerprint density at radius 3 is 2.00 bits per heavy atom. The van der Waals surface area contributed by atoms with Gasteiger partial charge in [-0.25, -0.2) is 4.79 Å². The van der Waals surface area contributed by atoms with Gasteiger partial charge < -0.3 is 29.2 Å². The molecule has 1 aliphatic heterocycles. The van der Waals surface area contributed by atoms with Gasteiger partial charge in [0, 0.05) is 36.3 Å². The van der Waals surface area contributed by atoms with E-state index >= 15 is 0 Å². The summed E-state index contributed by atoms with van der Waals surface area (Å²) >= 11 is 0. The number of carbonyl (C=O) groups excluding carboxylic acids is 2. The van der Waals surface area contributed by atoms with Crippen LogP contribution in [0.15, 0.2) is 91.0 Å². The molecule has 1 aliphatic rings. The lowest BCUT2D eigenvalue weighted by Crippen LogP contribution is -2.40. The Balaban J connectivity index is 1.54. The molecule has 0 bridgehead atoms. The van der Waals surface area contributed by atoms with E-state index in [0.717, 1.165) is 22.3 Å². The number of hydrogen-bond donors (Lipinski definition) is 1. The maximum absolute atomic E-state index is 14.1. The molecule has 0 aromatic heterocycles. The van der Waals surface area contributed by atoms with Crippen LogP contribution in [0, 0.1) is 0 Å². The molecule has 0 spiro atoms. The summed E-state index contributed by atoms with van der Waals surface area (Å²) < 4.78 is 24.3. The summed E-state index contributed by atoms with van der Waals surface area (Å²) in [5.41, 5.74) is 4.39. The minimum absolute atomic E-state index is 0.247. The zero-order valence-corrected chi connectivity index (χ0v) is 28.7. The molecule has 0 radical (unpaired) electrons. The van der Waals surface area contributed by atoms with Crippen LogP contribution >= 0.6 is 0 Å². The average molecular weight is 651 g/mol. The summed E-state index contributed by atoms with van der Waals surface area (Å²) in [5.74, 6) is 1.59. The summed E-state index contributed by atoms with van der Waals surface area (Å²) in [6.07, 6.45) is 0.228. The van der Waals surface area contributed by atoms with Gasteiger partial charge in [-0.05, 0) is 68.0 Å². The molecule has 48 heavy (non-hydrogen) atoms. The molecule has 2 amide bonds. The van der Waals surface area contributed by atoms with Crippen LogP contribution in [0.1, 0.15) is 74.0 Å². The van der Waals surface area contributed by atoms with Crippen molar-refractivity contribution in [3.63, 3.8) is 0 Å². The van der Waals surface area contributed by atoms with E-state index in [9.17, 15) is 9.59 Å². The molecule has 1 heterocycles. The summed E-state index contributed by atoms with van der Waals surface area (Å²) in [6.45, 7) is 11.2. The van der Waals surface area contributed by atoms with E-state index in [-0.39, 0.29) is 30.6 Å². The van der Waals surface area contributed by atoms with Crippen molar-refractivity contribution in [2.75, 3.05) is 20.2 Å². The topological polar surface area (TPSA) is 86.3 Å². The predicted molar refractivity (Wildman–Crippen MR) is 188 cm³/mol. The number of nitrogens with zero attached hydrogens (tertiary/aromatic N) is 1. The van der Waals surface area contributed by atoms with Gasteiger partial charge in [0.2, 0.25) is 0 Å². The van der Waals surface area contributed by atoms with Crippen LogP contribution < -0.4 is 19.5 Å². The fourth-order valence-corrected chi connectivity index (χ4v) is 5.59. The summed E-state index contributed by atoms with van der Waals surface area (Å²) in [5, 5.41) is 3.16. The number of methoxy groups -OCH3 is 1. The van der Waals surface area contributed by atoms with Gasteiger partial charge in [0.05, 0.1) is 12.7 Å². The SMILES string of the molecule is COc1ccc(C(C)C)cc1-c1cc(C(=O)NC2CCN(C(=O)OC(C)(C)C)C2)c(OCc2ccccc2)cc1OCc1ccccc1. The molecule has 4 aromatic carbocycles. The largest absolute Gasteiger partial charge is 0.496 e. The van der Waals surface area contributed by atoms with E-state index < -0.39 is 5.60 Å². The maximum Gasteiger partial charge on any atom is 0.410 e. The lowest BCUT2D eigenvalue weighted by atomic mass is 9.94. The zero-order valence-electron chi connectivity index (χ0n) is 28.7. The molecule has 252 valence electrons. The van der Waals surface area contributed by atoms with Crippen molar-refractivity contribution in [1.82, 2.24) is 10.2 Å². The third-order valence-electron chi connectivity index (χ3n) is 8.16. The molecule has 0 aliphatic carbocycles. The Morgan fingerprint density at radius 1 is 0.812 bits per heavy atom. The monoisotopic (exact) mass is 650 g/mol. The number of benzene rings is 4. The second-order valence-corrected chi connectivity index (χ2v) is 13.4. The molecule has 4 aromatic rings. The normalized spacial score (nSPS) is 14.5. The van der Waals surface area contributed by atoms with Crippen LogP contribution in [0.2, 0.25) is 0 Å². The van der Waals surface area contributed by atoms with Crippen molar-refractivity contribution >= 4 is 12.0 Å². The first-order chi connectivity index (χ1) is 23.0.